The van der Waals surface area contributed by atoms with Crippen LogP contribution in [0.3, 0.4) is 0 Å². The van der Waals surface area contributed by atoms with Crippen molar-refractivity contribution < 1.29 is 8.85 Å². The van der Waals surface area contributed by atoms with Crippen LogP contribution in [0.15, 0.2) is 30.3 Å². The van der Waals surface area contributed by atoms with Crippen molar-refractivity contribution in [3.05, 3.63) is 35.9 Å². The number of benzene rings is 1. The predicted molar refractivity (Wildman–Crippen MR) is 69.7 cm³/mol. The van der Waals surface area contributed by atoms with Crippen LogP contribution in [-0.2, 0) is 8.85 Å². The summed E-state index contributed by atoms with van der Waals surface area (Å²) in [4.78, 5) is 0. The molecule has 0 radical (unpaired) electrons. The fourth-order valence-corrected chi connectivity index (χ4v) is 5.52. The van der Waals surface area contributed by atoms with Gasteiger partial charge in [0.25, 0.3) is 0 Å². The van der Waals surface area contributed by atoms with Crippen molar-refractivity contribution in [3.8, 4) is 0 Å². The largest absolute Gasteiger partial charge is 0.397 e. The van der Waals surface area contributed by atoms with E-state index in [0.29, 0.717) is 5.54 Å². The van der Waals surface area contributed by atoms with Gasteiger partial charge in [0.05, 0.1) is 0 Å². The van der Waals surface area contributed by atoms with Gasteiger partial charge in [-0.1, -0.05) is 44.2 Å². The molecule has 0 N–H and O–H groups in total. The topological polar surface area (TPSA) is 18.5 Å². The quantitative estimate of drug-likeness (QED) is 0.706. The highest BCUT2D eigenvalue weighted by molar-refractivity contribution is 6.68. The summed E-state index contributed by atoms with van der Waals surface area (Å²) < 4.78 is 11.5. The molecule has 0 aliphatic heterocycles. The van der Waals surface area contributed by atoms with Crippen molar-refractivity contribution in [2.45, 2.75) is 31.9 Å². The fourth-order valence-electron chi connectivity index (χ4n) is 2.39. The van der Waals surface area contributed by atoms with Gasteiger partial charge in [0, 0.05) is 19.8 Å². The van der Waals surface area contributed by atoms with Crippen LogP contribution in [0.25, 0.3) is 0 Å². The molecule has 1 aromatic carbocycles. The third-order valence-electron chi connectivity index (χ3n) is 3.32. The van der Waals surface area contributed by atoms with Crippen molar-refractivity contribution >= 4 is 8.56 Å². The maximum absolute atomic E-state index is 5.76. The first-order valence-corrected chi connectivity index (χ1v) is 7.99. The molecular weight excluding hydrogens is 216 g/mol. The van der Waals surface area contributed by atoms with E-state index in [1.54, 1.807) is 14.2 Å². The Morgan fingerprint density at radius 3 is 2.00 bits per heavy atom. The first kappa shape index (κ1) is 13.4. The molecule has 0 aliphatic rings. The third kappa shape index (κ3) is 2.54. The van der Waals surface area contributed by atoms with Gasteiger partial charge in [0.1, 0.15) is 0 Å². The molecule has 0 saturated carbocycles. The zero-order chi connectivity index (χ0) is 12.0. The van der Waals surface area contributed by atoms with Crippen LogP contribution >= 0.6 is 0 Å². The van der Waals surface area contributed by atoms with E-state index in [0.717, 1.165) is 12.5 Å². The van der Waals surface area contributed by atoms with E-state index in [1.165, 1.54) is 5.56 Å². The predicted octanol–water partition coefficient (Wildman–Crippen LogP) is 3.47. The average molecular weight is 238 g/mol. The molecular formula is C13H22O2Si. The first-order valence-electron chi connectivity index (χ1n) is 5.89. The van der Waals surface area contributed by atoms with E-state index < -0.39 is 8.56 Å². The molecule has 3 heteroatoms. The van der Waals surface area contributed by atoms with E-state index >= 15 is 0 Å². The molecule has 1 atom stereocenters. The molecule has 0 aromatic heterocycles. The normalized spacial score (nSPS) is 13.8. The van der Waals surface area contributed by atoms with Gasteiger partial charge in [0.2, 0.25) is 0 Å². The Morgan fingerprint density at radius 1 is 1.06 bits per heavy atom. The Kier molecular flexibility index (Phi) is 5.18. The second-order valence-electron chi connectivity index (χ2n) is 3.95. The highest BCUT2D eigenvalue weighted by Crippen LogP contribution is 2.33. The van der Waals surface area contributed by atoms with Crippen LogP contribution < -0.4 is 0 Å². The van der Waals surface area contributed by atoms with Crippen molar-refractivity contribution in [1.29, 1.82) is 0 Å². The van der Waals surface area contributed by atoms with Gasteiger partial charge in [-0.25, -0.2) is 0 Å². The second kappa shape index (κ2) is 6.18. The molecule has 16 heavy (non-hydrogen) atoms. The maximum Gasteiger partial charge on any atom is 0.345 e. The molecule has 0 heterocycles. The number of rotatable bonds is 6. The summed E-state index contributed by atoms with van der Waals surface area (Å²) in [7, 11) is 1.48. The van der Waals surface area contributed by atoms with Gasteiger partial charge in [-0.05, 0) is 18.0 Å². The van der Waals surface area contributed by atoms with E-state index in [9.17, 15) is 0 Å². The van der Waals surface area contributed by atoms with E-state index in [1.807, 2.05) is 6.07 Å². The Bertz CT molecular complexity index is 288. The molecule has 1 aromatic rings. The minimum atomic E-state index is -2.09. The van der Waals surface area contributed by atoms with E-state index in [2.05, 4.69) is 38.1 Å². The van der Waals surface area contributed by atoms with Crippen LogP contribution in [0.2, 0.25) is 6.04 Å². The van der Waals surface area contributed by atoms with Gasteiger partial charge in [-0.2, -0.15) is 0 Å². The summed E-state index contributed by atoms with van der Waals surface area (Å²) in [6.45, 7) is 4.36. The molecule has 0 aliphatic carbocycles. The maximum atomic E-state index is 5.76. The molecule has 0 fully saturated rings. The smallest absolute Gasteiger partial charge is 0.345 e. The Labute approximate surface area is 99.8 Å². The van der Waals surface area contributed by atoms with Crippen LogP contribution in [0.4, 0.5) is 0 Å². The lowest BCUT2D eigenvalue weighted by Gasteiger charge is -2.34. The van der Waals surface area contributed by atoms with Gasteiger partial charge < -0.3 is 8.85 Å². The van der Waals surface area contributed by atoms with Crippen molar-refractivity contribution in [3.63, 3.8) is 0 Å². The van der Waals surface area contributed by atoms with Crippen LogP contribution in [0, 0.1) is 0 Å². The molecule has 2 nitrogen and oxygen atoms in total. The molecule has 0 amide bonds. The van der Waals surface area contributed by atoms with E-state index in [-0.39, 0.29) is 0 Å². The summed E-state index contributed by atoms with van der Waals surface area (Å²) >= 11 is 0. The monoisotopic (exact) mass is 238 g/mol. The molecule has 1 rings (SSSR count). The van der Waals surface area contributed by atoms with E-state index in [4.69, 9.17) is 8.85 Å². The summed E-state index contributed by atoms with van der Waals surface area (Å²) in [6, 6.07) is 11.5. The number of hydrogen-bond acceptors (Lipinski definition) is 2. The standard InChI is InChI=1S/C13H22O2Si/c1-5-13(12-10-8-7-9-11-12)16(6-2,14-3)15-4/h7-11,13H,5-6H2,1-4H3. The summed E-state index contributed by atoms with van der Waals surface area (Å²) in [5.41, 5.74) is 1.75. The van der Waals surface area contributed by atoms with Crippen molar-refractivity contribution in [2.24, 2.45) is 0 Å². The van der Waals surface area contributed by atoms with Crippen molar-refractivity contribution in [2.75, 3.05) is 14.2 Å². The molecule has 0 saturated heterocycles. The highest BCUT2D eigenvalue weighted by Gasteiger charge is 2.42. The van der Waals surface area contributed by atoms with Crippen LogP contribution in [0.1, 0.15) is 31.4 Å². The summed E-state index contributed by atoms with van der Waals surface area (Å²) in [6.07, 6.45) is 1.06. The lowest BCUT2D eigenvalue weighted by Crippen LogP contribution is -2.46. The SMILES string of the molecule is CCC(c1ccccc1)[Si](CC)(OC)OC. The lowest BCUT2D eigenvalue weighted by molar-refractivity contribution is 0.229. The zero-order valence-electron chi connectivity index (χ0n) is 10.7. The first-order chi connectivity index (χ1) is 7.74. The highest BCUT2D eigenvalue weighted by atomic mass is 28.4. The Hall–Kier alpha value is -0.643. The van der Waals surface area contributed by atoms with Gasteiger partial charge in [-0.15, -0.1) is 0 Å². The third-order valence-corrected chi connectivity index (χ3v) is 7.50. The Morgan fingerprint density at radius 2 is 1.62 bits per heavy atom. The van der Waals surface area contributed by atoms with Crippen LogP contribution in [0.5, 0.6) is 0 Å². The van der Waals surface area contributed by atoms with Gasteiger partial charge in [0.15, 0.2) is 0 Å². The molecule has 0 spiro atoms. The number of hydrogen-bond donors (Lipinski definition) is 0. The fraction of sp³-hybridized carbons (Fsp3) is 0.538. The molecule has 90 valence electrons. The van der Waals surface area contributed by atoms with Crippen LogP contribution in [-0.4, -0.2) is 22.8 Å². The molecule has 1 unspecified atom stereocenters. The second-order valence-corrected chi connectivity index (χ2v) is 7.79. The van der Waals surface area contributed by atoms with Gasteiger partial charge >= 0.3 is 8.56 Å². The Balaban J connectivity index is 3.05. The average Bonchev–Trinajstić information content (AvgIpc) is 2.37. The summed E-state index contributed by atoms with van der Waals surface area (Å²) in [5, 5.41) is 0. The lowest BCUT2D eigenvalue weighted by atomic mass is 10.1. The van der Waals surface area contributed by atoms with Gasteiger partial charge in [-0.3, -0.25) is 0 Å². The minimum absolute atomic E-state index is 0.411. The molecule has 0 bridgehead atoms. The minimum Gasteiger partial charge on any atom is -0.397 e. The zero-order valence-corrected chi connectivity index (χ0v) is 11.7. The summed E-state index contributed by atoms with van der Waals surface area (Å²) in [5.74, 6) is 0. The van der Waals surface area contributed by atoms with Crippen molar-refractivity contribution in [1.82, 2.24) is 0 Å².